The van der Waals surface area contributed by atoms with Crippen LogP contribution in [0.2, 0.25) is 0 Å². The molecule has 0 aliphatic carbocycles. The van der Waals surface area contributed by atoms with Crippen LogP contribution in [0.4, 0.5) is 11.6 Å². The molecule has 0 amide bonds. The zero-order valence-corrected chi connectivity index (χ0v) is 11.2. The molecule has 0 bridgehead atoms. The number of rotatable bonds is 4. The van der Waals surface area contributed by atoms with Gasteiger partial charge in [0.1, 0.15) is 17.5 Å². The summed E-state index contributed by atoms with van der Waals surface area (Å²) in [5, 5.41) is 0. The molecule has 1 fully saturated rings. The van der Waals surface area contributed by atoms with Crippen LogP contribution in [0.5, 0.6) is 0 Å². The first-order valence-electron chi connectivity index (χ1n) is 6.65. The molecule has 0 saturated carbocycles. The molecule has 2 N–H and O–H groups in total. The SMILES string of the molecule is CCc1nc(N)cc(N(C)CC2CCCCO2)n1. The van der Waals surface area contributed by atoms with Crippen LogP contribution in [0.15, 0.2) is 6.07 Å². The predicted molar refractivity (Wildman–Crippen MR) is 72.7 cm³/mol. The molecule has 100 valence electrons. The molecule has 1 aliphatic rings. The maximum Gasteiger partial charge on any atom is 0.134 e. The van der Waals surface area contributed by atoms with Crippen LogP contribution in [0, 0.1) is 0 Å². The molecular formula is C13H22N4O. The Morgan fingerprint density at radius 3 is 2.94 bits per heavy atom. The van der Waals surface area contributed by atoms with Crippen molar-refractivity contribution in [2.24, 2.45) is 0 Å². The molecule has 5 heteroatoms. The fraction of sp³-hybridized carbons (Fsp3) is 0.692. The number of aryl methyl sites for hydroxylation is 1. The fourth-order valence-corrected chi connectivity index (χ4v) is 2.21. The summed E-state index contributed by atoms with van der Waals surface area (Å²) in [4.78, 5) is 10.8. The van der Waals surface area contributed by atoms with E-state index in [0.29, 0.717) is 11.9 Å². The molecule has 1 saturated heterocycles. The number of hydrogen-bond acceptors (Lipinski definition) is 5. The van der Waals surface area contributed by atoms with Gasteiger partial charge < -0.3 is 15.4 Å². The van der Waals surface area contributed by atoms with Gasteiger partial charge in [-0.15, -0.1) is 0 Å². The van der Waals surface area contributed by atoms with E-state index in [1.165, 1.54) is 12.8 Å². The molecule has 0 radical (unpaired) electrons. The second-order valence-corrected chi connectivity index (χ2v) is 4.79. The number of likely N-dealkylation sites (N-methyl/N-ethyl adjacent to an activating group) is 1. The fourth-order valence-electron chi connectivity index (χ4n) is 2.21. The van der Waals surface area contributed by atoms with E-state index in [2.05, 4.69) is 14.9 Å². The van der Waals surface area contributed by atoms with Gasteiger partial charge in [-0.1, -0.05) is 6.92 Å². The van der Waals surface area contributed by atoms with Crippen LogP contribution in [-0.4, -0.2) is 36.3 Å². The van der Waals surface area contributed by atoms with Crippen molar-refractivity contribution in [2.45, 2.75) is 38.7 Å². The Labute approximate surface area is 108 Å². The minimum absolute atomic E-state index is 0.310. The highest BCUT2D eigenvalue weighted by Gasteiger charge is 2.17. The van der Waals surface area contributed by atoms with Gasteiger partial charge in [0, 0.05) is 32.7 Å². The van der Waals surface area contributed by atoms with Crippen LogP contribution in [0.25, 0.3) is 0 Å². The van der Waals surface area contributed by atoms with Crippen LogP contribution < -0.4 is 10.6 Å². The van der Waals surface area contributed by atoms with Crippen LogP contribution in [0.3, 0.4) is 0 Å². The minimum Gasteiger partial charge on any atom is -0.384 e. The first kappa shape index (κ1) is 13.1. The minimum atomic E-state index is 0.310. The van der Waals surface area contributed by atoms with Crippen molar-refractivity contribution >= 4 is 11.6 Å². The molecule has 1 aromatic heterocycles. The van der Waals surface area contributed by atoms with E-state index in [9.17, 15) is 0 Å². The molecule has 0 aromatic carbocycles. The smallest absolute Gasteiger partial charge is 0.134 e. The van der Waals surface area contributed by atoms with Crippen molar-refractivity contribution < 1.29 is 4.74 Å². The highest BCUT2D eigenvalue weighted by atomic mass is 16.5. The van der Waals surface area contributed by atoms with E-state index in [4.69, 9.17) is 10.5 Å². The van der Waals surface area contributed by atoms with E-state index in [0.717, 1.165) is 37.6 Å². The summed E-state index contributed by atoms with van der Waals surface area (Å²) in [5.74, 6) is 2.21. The van der Waals surface area contributed by atoms with E-state index >= 15 is 0 Å². The van der Waals surface area contributed by atoms with E-state index in [-0.39, 0.29) is 0 Å². The molecule has 2 rings (SSSR count). The van der Waals surface area contributed by atoms with Crippen LogP contribution in [-0.2, 0) is 11.2 Å². The second-order valence-electron chi connectivity index (χ2n) is 4.79. The highest BCUT2D eigenvalue weighted by Crippen LogP contribution is 2.18. The van der Waals surface area contributed by atoms with E-state index < -0.39 is 0 Å². The largest absolute Gasteiger partial charge is 0.384 e. The highest BCUT2D eigenvalue weighted by molar-refractivity contribution is 5.46. The number of ether oxygens (including phenoxy) is 1. The van der Waals surface area contributed by atoms with E-state index in [1.807, 2.05) is 20.0 Å². The van der Waals surface area contributed by atoms with Gasteiger partial charge in [-0.25, -0.2) is 9.97 Å². The molecule has 1 atom stereocenters. The quantitative estimate of drug-likeness (QED) is 0.879. The van der Waals surface area contributed by atoms with Gasteiger partial charge in [-0.2, -0.15) is 0 Å². The maximum absolute atomic E-state index is 5.80. The third kappa shape index (κ3) is 3.32. The average Bonchev–Trinajstić information content (AvgIpc) is 2.39. The van der Waals surface area contributed by atoms with Crippen molar-refractivity contribution in [3.63, 3.8) is 0 Å². The lowest BCUT2D eigenvalue weighted by Crippen LogP contribution is -2.34. The summed E-state index contributed by atoms with van der Waals surface area (Å²) >= 11 is 0. The number of anilines is 2. The molecule has 1 aromatic rings. The Hall–Kier alpha value is -1.36. The number of hydrogen-bond donors (Lipinski definition) is 1. The Balaban J connectivity index is 2.02. The summed E-state index contributed by atoms with van der Waals surface area (Å²) in [6.07, 6.45) is 4.67. The number of nitrogens with zero attached hydrogens (tertiary/aromatic N) is 3. The molecule has 5 nitrogen and oxygen atoms in total. The summed E-state index contributed by atoms with van der Waals surface area (Å²) in [7, 11) is 2.03. The zero-order valence-electron chi connectivity index (χ0n) is 11.2. The third-order valence-corrected chi connectivity index (χ3v) is 3.24. The van der Waals surface area contributed by atoms with Gasteiger partial charge in [0.15, 0.2) is 0 Å². The summed E-state index contributed by atoms with van der Waals surface area (Å²) < 4.78 is 5.74. The first-order valence-corrected chi connectivity index (χ1v) is 6.65. The lowest BCUT2D eigenvalue weighted by atomic mass is 10.1. The molecule has 18 heavy (non-hydrogen) atoms. The Kier molecular flexibility index (Phi) is 4.36. The van der Waals surface area contributed by atoms with Crippen molar-refractivity contribution in [1.82, 2.24) is 9.97 Å². The van der Waals surface area contributed by atoms with Gasteiger partial charge in [0.2, 0.25) is 0 Å². The Morgan fingerprint density at radius 2 is 2.28 bits per heavy atom. The monoisotopic (exact) mass is 250 g/mol. The predicted octanol–water partition coefficient (Wildman–Crippen LogP) is 1.63. The Bertz CT molecular complexity index is 391. The van der Waals surface area contributed by atoms with Crippen LogP contribution in [0.1, 0.15) is 32.0 Å². The van der Waals surface area contributed by atoms with Gasteiger partial charge in [-0.3, -0.25) is 0 Å². The molecule has 1 unspecified atom stereocenters. The van der Waals surface area contributed by atoms with Crippen molar-refractivity contribution in [1.29, 1.82) is 0 Å². The van der Waals surface area contributed by atoms with E-state index in [1.54, 1.807) is 0 Å². The first-order chi connectivity index (χ1) is 8.69. The van der Waals surface area contributed by atoms with Crippen LogP contribution >= 0.6 is 0 Å². The number of nitrogens with two attached hydrogens (primary N) is 1. The molecule has 2 heterocycles. The van der Waals surface area contributed by atoms with Crippen molar-refractivity contribution in [2.75, 3.05) is 30.8 Å². The van der Waals surface area contributed by atoms with Gasteiger partial charge in [0.05, 0.1) is 6.10 Å². The zero-order chi connectivity index (χ0) is 13.0. The van der Waals surface area contributed by atoms with Crippen molar-refractivity contribution in [3.05, 3.63) is 11.9 Å². The topological polar surface area (TPSA) is 64.3 Å². The van der Waals surface area contributed by atoms with Crippen molar-refractivity contribution in [3.8, 4) is 0 Å². The summed E-state index contributed by atoms with van der Waals surface area (Å²) in [5.41, 5.74) is 5.80. The van der Waals surface area contributed by atoms with Gasteiger partial charge >= 0.3 is 0 Å². The summed E-state index contributed by atoms with van der Waals surface area (Å²) in [6.45, 7) is 3.77. The second kappa shape index (κ2) is 6.00. The number of nitrogen functional groups attached to an aromatic ring is 1. The van der Waals surface area contributed by atoms with Gasteiger partial charge in [0.25, 0.3) is 0 Å². The summed E-state index contributed by atoms with van der Waals surface area (Å²) in [6, 6.07) is 1.82. The molecule has 1 aliphatic heterocycles. The molecule has 0 spiro atoms. The third-order valence-electron chi connectivity index (χ3n) is 3.24. The lowest BCUT2D eigenvalue weighted by Gasteiger charge is -2.28. The Morgan fingerprint density at radius 1 is 1.44 bits per heavy atom. The lowest BCUT2D eigenvalue weighted by molar-refractivity contribution is 0.0215. The average molecular weight is 250 g/mol. The normalized spacial score (nSPS) is 19.8. The number of aromatic nitrogens is 2. The standard InChI is InChI=1S/C13H22N4O/c1-3-12-15-11(14)8-13(16-12)17(2)9-10-6-4-5-7-18-10/h8,10H,3-7,9H2,1-2H3,(H2,14,15,16). The maximum atomic E-state index is 5.80. The van der Waals surface area contributed by atoms with Gasteiger partial charge in [-0.05, 0) is 19.3 Å². The molecular weight excluding hydrogens is 228 g/mol.